The number of rotatable bonds is 7. The number of amides is 2. The lowest BCUT2D eigenvalue weighted by atomic mass is 10.1. The number of thiazole rings is 1. The van der Waals surface area contributed by atoms with E-state index in [1.165, 1.54) is 35.6 Å². The summed E-state index contributed by atoms with van der Waals surface area (Å²) in [7, 11) is 0. The molecule has 156 valence electrons. The van der Waals surface area contributed by atoms with Crippen LogP contribution in [0.25, 0.3) is 9.88 Å². The third-order valence-corrected chi connectivity index (χ3v) is 6.34. The lowest BCUT2D eigenvalue weighted by Crippen LogP contribution is -2.24. The largest absolute Gasteiger partial charge is 0.352 e. The number of anilines is 1. The predicted molar refractivity (Wildman–Crippen MR) is 122 cm³/mol. The first-order chi connectivity index (χ1) is 15.1. The molecule has 0 aliphatic carbocycles. The van der Waals surface area contributed by atoms with E-state index in [1.54, 1.807) is 29.5 Å². The highest BCUT2D eigenvalue weighted by Crippen LogP contribution is 2.27. The zero-order valence-corrected chi connectivity index (χ0v) is 17.9. The molecule has 2 aromatic heterocycles. The lowest BCUT2D eigenvalue weighted by Gasteiger charge is -2.09. The number of carbonyl (C=O) groups excluding carboxylic acids is 2. The normalized spacial score (nSPS) is 10.6. The zero-order chi connectivity index (χ0) is 21.6. The third kappa shape index (κ3) is 5.62. The van der Waals surface area contributed by atoms with E-state index in [2.05, 4.69) is 15.6 Å². The second kappa shape index (κ2) is 9.63. The molecule has 31 heavy (non-hydrogen) atoms. The summed E-state index contributed by atoms with van der Waals surface area (Å²) in [6.07, 6.45) is 0.211. The van der Waals surface area contributed by atoms with Crippen LogP contribution in [-0.2, 0) is 17.8 Å². The van der Waals surface area contributed by atoms with Gasteiger partial charge in [0.15, 0.2) is 0 Å². The van der Waals surface area contributed by atoms with E-state index in [4.69, 9.17) is 0 Å². The zero-order valence-electron chi connectivity index (χ0n) is 16.3. The highest BCUT2D eigenvalue weighted by Gasteiger charge is 2.10. The summed E-state index contributed by atoms with van der Waals surface area (Å²) in [5, 5.41) is 10.5. The molecule has 4 rings (SSSR count). The van der Waals surface area contributed by atoms with E-state index in [1.807, 2.05) is 29.0 Å². The first kappa shape index (κ1) is 20.9. The Morgan fingerprint density at radius 1 is 1.00 bits per heavy atom. The fourth-order valence-corrected chi connectivity index (χ4v) is 4.53. The monoisotopic (exact) mass is 451 g/mol. The van der Waals surface area contributed by atoms with Crippen molar-refractivity contribution in [2.24, 2.45) is 0 Å². The van der Waals surface area contributed by atoms with Crippen molar-refractivity contribution in [3.05, 3.63) is 94.1 Å². The van der Waals surface area contributed by atoms with E-state index >= 15 is 0 Å². The number of benzene rings is 2. The maximum absolute atomic E-state index is 13.0. The molecule has 2 amide bonds. The van der Waals surface area contributed by atoms with Gasteiger partial charge in [-0.2, -0.15) is 0 Å². The van der Waals surface area contributed by atoms with Gasteiger partial charge in [-0.25, -0.2) is 9.37 Å². The van der Waals surface area contributed by atoms with E-state index in [9.17, 15) is 14.0 Å². The number of hydrogen-bond donors (Lipinski definition) is 2. The van der Waals surface area contributed by atoms with Crippen molar-refractivity contribution in [1.29, 1.82) is 0 Å². The van der Waals surface area contributed by atoms with Crippen LogP contribution in [0.3, 0.4) is 0 Å². The summed E-state index contributed by atoms with van der Waals surface area (Å²) in [5.41, 5.74) is 2.56. The Bertz CT molecular complexity index is 1190. The SMILES string of the molecule is O=C(Cc1csc(-c2cccs2)n1)NCc1cccc(NC(=O)c2ccc(F)cc2)c1. The van der Waals surface area contributed by atoms with Crippen LogP contribution < -0.4 is 10.6 Å². The minimum absolute atomic E-state index is 0.121. The van der Waals surface area contributed by atoms with Gasteiger partial charge in [-0.05, 0) is 53.4 Å². The molecule has 2 aromatic carbocycles. The Morgan fingerprint density at radius 3 is 2.61 bits per heavy atom. The van der Waals surface area contributed by atoms with Crippen molar-refractivity contribution in [3.8, 4) is 9.88 Å². The minimum atomic E-state index is -0.394. The average Bonchev–Trinajstić information content (AvgIpc) is 3.45. The van der Waals surface area contributed by atoms with E-state index in [0.717, 1.165) is 21.1 Å². The van der Waals surface area contributed by atoms with Gasteiger partial charge in [0.2, 0.25) is 5.91 Å². The number of thiophene rings is 1. The maximum Gasteiger partial charge on any atom is 0.255 e. The molecule has 0 radical (unpaired) electrons. The molecule has 0 saturated carbocycles. The Morgan fingerprint density at radius 2 is 1.84 bits per heavy atom. The minimum Gasteiger partial charge on any atom is -0.352 e. The molecule has 4 aromatic rings. The molecule has 0 aliphatic heterocycles. The van der Waals surface area contributed by atoms with Crippen LogP contribution in [-0.4, -0.2) is 16.8 Å². The van der Waals surface area contributed by atoms with Gasteiger partial charge in [0.05, 0.1) is 17.0 Å². The molecule has 0 saturated heterocycles. The van der Waals surface area contributed by atoms with Crippen molar-refractivity contribution >= 4 is 40.2 Å². The van der Waals surface area contributed by atoms with Crippen LogP contribution in [0.4, 0.5) is 10.1 Å². The maximum atomic E-state index is 13.0. The van der Waals surface area contributed by atoms with Gasteiger partial charge in [-0.1, -0.05) is 18.2 Å². The van der Waals surface area contributed by atoms with Crippen molar-refractivity contribution in [2.45, 2.75) is 13.0 Å². The van der Waals surface area contributed by atoms with E-state index < -0.39 is 5.82 Å². The smallest absolute Gasteiger partial charge is 0.255 e. The molecule has 0 fully saturated rings. The number of hydrogen-bond acceptors (Lipinski definition) is 5. The van der Waals surface area contributed by atoms with Gasteiger partial charge in [0, 0.05) is 23.2 Å². The van der Waals surface area contributed by atoms with Gasteiger partial charge in [-0.15, -0.1) is 22.7 Å². The van der Waals surface area contributed by atoms with Crippen LogP contribution in [0.2, 0.25) is 0 Å². The quantitative estimate of drug-likeness (QED) is 0.410. The summed E-state index contributed by atoms with van der Waals surface area (Å²) in [5.74, 6) is -0.843. The molecule has 0 bridgehead atoms. The highest BCUT2D eigenvalue weighted by atomic mass is 32.1. The van der Waals surface area contributed by atoms with Crippen LogP contribution in [0, 0.1) is 5.82 Å². The Hall–Kier alpha value is -3.36. The molecule has 0 atom stereocenters. The van der Waals surface area contributed by atoms with Gasteiger partial charge < -0.3 is 10.6 Å². The van der Waals surface area contributed by atoms with Crippen LogP contribution in [0.1, 0.15) is 21.6 Å². The lowest BCUT2D eigenvalue weighted by molar-refractivity contribution is -0.120. The topological polar surface area (TPSA) is 71.1 Å². The number of aromatic nitrogens is 1. The Labute approximate surface area is 186 Å². The Kier molecular flexibility index (Phi) is 6.49. The van der Waals surface area contributed by atoms with Gasteiger partial charge in [0.25, 0.3) is 5.91 Å². The van der Waals surface area contributed by atoms with E-state index in [0.29, 0.717) is 17.8 Å². The van der Waals surface area contributed by atoms with Gasteiger partial charge in [-0.3, -0.25) is 9.59 Å². The number of nitrogens with one attached hydrogen (secondary N) is 2. The number of nitrogens with zero attached hydrogens (tertiary/aromatic N) is 1. The molecule has 2 heterocycles. The predicted octanol–water partition coefficient (Wildman–Crippen LogP) is 5.12. The average molecular weight is 452 g/mol. The molecule has 0 spiro atoms. The first-order valence-corrected chi connectivity index (χ1v) is 11.2. The van der Waals surface area contributed by atoms with Crippen molar-refractivity contribution in [2.75, 3.05) is 5.32 Å². The third-order valence-electron chi connectivity index (χ3n) is 4.41. The summed E-state index contributed by atoms with van der Waals surface area (Å²) >= 11 is 3.15. The summed E-state index contributed by atoms with van der Waals surface area (Å²) in [6.45, 7) is 0.334. The number of halogens is 1. The van der Waals surface area contributed by atoms with E-state index in [-0.39, 0.29) is 18.2 Å². The summed E-state index contributed by atoms with van der Waals surface area (Å²) < 4.78 is 13.0. The molecule has 2 N–H and O–H groups in total. The van der Waals surface area contributed by atoms with Crippen molar-refractivity contribution < 1.29 is 14.0 Å². The Balaban J connectivity index is 1.31. The second-order valence-electron chi connectivity index (χ2n) is 6.74. The first-order valence-electron chi connectivity index (χ1n) is 9.48. The summed E-state index contributed by atoms with van der Waals surface area (Å²) in [4.78, 5) is 30.2. The summed E-state index contributed by atoms with van der Waals surface area (Å²) in [6, 6.07) is 16.5. The molecule has 0 aliphatic rings. The molecule has 8 heteroatoms. The molecule has 0 unspecified atom stereocenters. The van der Waals surface area contributed by atoms with Gasteiger partial charge in [0.1, 0.15) is 10.8 Å². The number of carbonyl (C=O) groups is 2. The fraction of sp³-hybridized carbons (Fsp3) is 0.0870. The molecule has 5 nitrogen and oxygen atoms in total. The van der Waals surface area contributed by atoms with Gasteiger partial charge >= 0.3 is 0 Å². The van der Waals surface area contributed by atoms with Crippen molar-refractivity contribution in [3.63, 3.8) is 0 Å². The van der Waals surface area contributed by atoms with Crippen LogP contribution >= 0.6 is 22.7 Å². The molecular weight excluding hydrogens is 433 g/mol. The van der Waals surface area contributed by atoms with Crippen LogP contribution in [0.15, 0.2) is 71.4 Å². The molecular formula is C23H18FN3O2S2. The van der Waals surface area contributed by atoms with Crippen LogP contribution in [0.5, 0.6) is 0 Å². The van der Waals surface area contributed by atoms with Crippen molar-refractivity contribution in [1.82, 2.24) is 10.3 Å². The fourth-order valence-electron chi connectivity index (χ4n) is 2.89. The highest BCUT2D eigenvalue weighted by molar-refractivity contribution is 7.20. The second-order valence-corrected chi connectivity index (χ2v) is 8.54. The standard InChI is InChI=1S/C23H18FN3O2S2/c24-17-8-6-16(7-9-17)22(29)26-18-4-1-3-15(11-18)13-25-21(28)12-19-14-31-23(27-19)20-5-2-10-30-20/h1-11,14H,12-13H2,(H,25,28)(H,26,29).